The number of nitrogens with one attached hydrogen (secondary N) is 1. The number of aromatic nitrogens is 2. The minimum Gasteiger partial charge on any atom is -0.478 e. The smallest absolute Gasteiger partial charge is 0.335 e. The number of carboxylic acid groups (broad SMARTS) is 1. The summed E-state index contributed by atoms with van der Waals surface area (Å²) in [5, 5.41) is 12.3. The maximum atomic E-state index is 13.9. The molecule has 0 amide bonds. The highest BCUT2D eigenvalue weighted by molar-refractivity contribution is 7.92. The zero-order chi connectivity index (χ0) is 24.7. The number of hydrogen-bond donors (Lipinski definition) is 2. The lowest BCUT2D eigenvalue weighted by molar-refractivity contribution is 0.0696. The molecule has 0 atom stereocenters. The fourth-order valence-corrected chi connectivity index (χ4v) is 5.80. The van der Waals surface area contributed by atoms with Gasteiger partial charge in [0, 0.05) is 34.2 Å². The number of halogens is 1. The molecule has 0 bridgehead atoms. The van der Waals surface area contributed by atoms with Gasteiger partial charge in [-0.25, -0.2) is 22.5 Å². The van der Waals surface area contributed by atoms with Crippen molar-refractivity contribution in [2.45, 2.75) is 18.4 Å². The zero-order valence-electron chi connectivity index (χ0n) is 18.6. The summed E-state index contributed by atoms with van der Waals surface area (Å²) in [4.78, 5) is 18.8. The minimum absolute atomic E-state index is 0.00284. The molecule has 2 heterocycles. The molecule has 0 saturated carbocycles. The van der Waals surface area contributed by atoms with Crippen LogP contribution in [0.15, 0.2) is 84.0 Å². The number of aromatic carboxylic acids is 1. The lowest BCUT2D eigenvalue weighted by Gasteiger charge is -2.26. The first-order valence-corrected chi connectivity index (χ1v) is 12.5. The van der Waals surface area contributed by atoms with Crippen LogP contribution < -0.4 is 4.31 Å². The van der Waals surface area contributed by atoms with E-state index >= 15 is 0 Å². The van der Waals surface area contributed by atoms with Crippen molar-refractivity contribution in [2.75, 3.05) is 4.31 Å². The molecule has 176 valence electrons. The van der Waals surface area contributed by atoms with Gasteiger partial charge in [0.15, 0.2) is 0 Å². The molecule has 5 aromatic rings. The van der Waals surface area contributed by atoms with Crippen molar-refractivity contribution in [1.29, 1.82) is 0 Å². The number of hydrogen-bond acceptors (Lipinski definition) is 4. The molecule has 0 saturated heterocycles. The summed E-state index contributed by atoms with van der Waals surface area (Å²) in [6, 6.07) is 18.3. The maximum Gasteiger partial charge on any atom is 0.335 e. The van der Waals surface area contributed by atoms with Crippen LogP contribution in [0.2, 0.25) is 5.02 Å². The molecule has 0 spiro atoms. The average Bonchev–Trinajstić information content (AvgIpc) is 3.23. The van der Waals surface area contributed by atoms with E-state index in [1.807, 2.05) is 49.4 Å². The predicted octanol–water partition coefficient (Wildman–Crippen LogP) is 5.77. The molecular weight excluding hydrogens is 486 g/mol. The van der Waals surface area contributed by atoms with Crippen LogP contribution in [0.25, 0.3) is 21.7 Å². The molecule has 3 aromatic carbocycles. The summed E-state index contributed by atoms with van der Waals surface area (Å²) in [6.07, 6.45) is 3.34. The fourth-order valence-electron chi connectivity index (χ4n) is 4.12. The number of H-pyrrole nitrogens is 1. The monoisotopic (exact) mass is 505 g/mol. The highest BCUT2D eigenvalue weighted by Gasteiger charge is 2.28. The minimum atomic E-state index is -4.10. The third kappa shape index (κ3) is 4.11. The Balaban J connectivity index is 1.67. The Morgan fingerprint density at radius 1 is 1.06 bits per heavy atom. The second-order valence-corrected chi connectivity index (χ2v) is 10.4. The van der Waals surface area contributed by atoms with Gasteiger partial charge in [-0.15, -0.1) is 0 Å². The van der Waals surface area contributed by atoms with Crippen molar-refractivity contribution in [3.05, 3.63) is 101 Å². The van der Waals surface area contributed by atoms with Gasteiger partial charge < -0.3 is 10.1 Å². The van der Waals surface area contributed by atoms with Crippen LogP contribution in [0.4, 0.5) is 5.82 Å². The van der Waals surface area contributed by atoms with Crippen LogP contribution in [-0.4, -0.2) is 29.5 Å². The summed E-state index contributed by atoms with van der Waals surface area (Å²) in [5.74, 6) is -0.833. The van der Waals surface area contributed by atoms with E-state index in [2.05, 4.69) is 9.97 Å². The Morgan fingerprint density at radius 2 is 1.80 bits per heavy atom. The van der Waals surface area contributed by atoms with Crippen LogP contribution in [0.5, 0.6) is 0 Å². The van der Waals surface area contributed by atoms with Gasteiger partial charge >= 0.3 is 5.97 Å². The Kier molecular flexibility index (Phi) is 5.70. The van der Waals surface area contributed by atoms with Crippen LogP contribution in [0.1, 0.15) is 21.5 Å². The van der Waals surface area contributed by atoms with E-state index in [1.54, 1.807) is 12.4 Å². The lowest BCUT2D eigenvalue weighted by atomic mass is 10.1. The molecule has 0 radical (unpaired) electrons. The summed E-state index contributed by atoms with van der Waals surface area (Å²) in [6.45, 7) is 1.85. The first-order chi connectivity index (χ1) is 16.8. The third-order valence-electron chi connectivity index (χ3n) is 5.97. The van der Waals surface area contributed by atoms with E-state index in [0.717, 1.165) is 32.8 Å². The molecule has 7 nitrogen and oxygen atoms in total. The van der Waals surface area contributed by atoms with Crippen molar-refractivity contribution in [1.82, 2.24) is 9.97 Å². The Hall–Kier alpha value is -3.88. The molecule has 35 heavy (non-hydrogen) atoms. The third-order valence-corrected chi connectivity index (χ3v) is 8.04. The number of nitrogens with zero attached hydrogens (tertiary/aromatic N) is 2. The van der Waals surface area contributed by atoms with E-state index in [-0.39, 0.29) is 17.0 Å². The van der Waals surface area contributed by atoms with E-state index in [4.69, 9.17) is 11.6 Å². The summed E-state index contributed by atoms with van der Waals surface area (Å²) in [5.41, 5.74) is 2.29. The van der Waals surface area contributed by atoms with Gasteiger partial charge in [0.05, 0.1) is 22.0 Å². The number of anilines is 1. The Labute approximate surface area is 206 Å². The second kappa shape index (κ2) is 8.72. The van der Waals surface area contributed by atoms with Gasteiger partial charge in [-0.05, 0) is 54.3 Å². The van der Waals surface area contributed by atoms with Crippen LogP contribution >= 0.6 is 11.6 Å². The highest BCUT2D eigenvalue weighted by Crippen LogP contribution is 2.32. The van der Waals surface area contributed by atoms with E-state index in [0.29, 0.717) is 10.8 Å². The SMILES string of the molecule is Cc1c(N(Cc2ccc3[nH]cc(Cl)c3c2)S(=O)(=O)c2ccc(C(=O)O)cc2)ncc2ccccc12. The van der Waals surface area contributed by atoms with E-state index < -0.39 is 16.0 Å². The number of fused-ring (bicyclic) bond motifs is 2. The van der Waals surface area contributed by atoms with Crippen molar-refractivity contribution in [3.8, 4) is 0 Å². The zero-order valence-corrected chi connectivity index (χ0v) is 20.1. The Morgan fingerprint density at radius 3 is 2.54 bits per heavy atom. The molecule has 0 aliphatic rings. The first-order valence-electron chi connectivity index (χ1n) is 10.7. The second-order valence-electron chi connectivity index (χ2n) is 8.15. The van der Waals surface area contributed by atoms with Crippen molar-refractivity contribution in [3.63, 3.8) is 0 Å². The van der Waals surface area contributed by atoms with Crippen LogP contribution in [-0.2, 0) is 16.6 Å². The highest BCUT2D eigenvalue weighted by atomic mass is 35.5. The number of carboxylic acids is 1. The molecule has 0 unspecified atom stereocenters. The summed E-state index contributed by atoms with van der Waals surface area (Å²) in [7, 11) is -4.10. The van der Waals surface area contributed by atoms with Crippen LogP contribution in [0.3, 0.4) is 0 Å². The standard InChI is InChI=1S/C26H20ClN3O4S/c1-16-21-5-3-2-4-19(21)13-29-25(16)30(15-17-6-11-24-22(12-17)23(27)14-28-24)35(33,34)20-9-7-18(8-10-20)26(31)32/h2-14,28H,15H2,1H3,(H,31,32). The van der Waals surface area contributed by atoms with Gasteiger partial charge in [0.25, 0.3) is 10.0 Å². The quantitative estimate of drug-likeness (QED) is 0.305. The van der Waals surface area contributed by atoms with Crippen molar-refractivity contribution >= 4 is 55.1 Å². The normalized spacial score (nSPS) is 11.7. The first kappa shape index (κ1) is 22.9. The average molecular weight is 506 g/mol. The molecule has 5 rings (SSSR count). The van der Waals surface area contributed by atoms with Crippen molar-refractivity contribution < 1.29 is 18.3 Å². The number of carbonyl (C=O) groups is 1. The molecule has 0 fully saturated rings. The molecule has 0 aliphatic carbocycles. The summed E-state index contributed by atoms with van der Waals surface area (Å²) >= 11 is 6.29. The number of benzene rings is 3. The molecule has 9 heteroatoms. The van der Waals surface area contributed by atoms with Gasteiger partial charge in [-0.3, -0.25) is 0 Å². The largest absolute Gasteiger partial charge is 0.478 e. The van der Waals surface area contributed by atoms with Gasteiger partial charge in [-0.2, -0.15) is 0 Å². The number of aromatic amines is 1. The maximum absolute atomic E-state index is 13.9. The predicted molar refractivity (Wildman–Crippen MR) is 137 cm³/mol. The number of sulfonamides is 1. The van der Waals surface area contributed by atoms with E-state index in [1.165, 1.54) is 28.6 Å². The Bertz CT molecular complexity index is 1700. The molecule has 0 aliphatic heterocycles. The fraction of sp³-hybridized carbons (Fsp3) is 0.0769. The molecular formula is C26H20ClN3O4S. The summed E-state index contributed by atoms with van der Waals surface area (Å²) < 4.78 is 29.0. The van der Waals surface area contributed by atoms with Crippen LogP contribution in [0, 0.1) is 6.92 Å². The molecule has 2 aromatic heterocycles. The number of pyridine rings is 1. The van der Waals surface area contributed by atoms with Crippen molar-refractivity contribution in [2.24, 2.45) is 0 Å². The van der Waals surface area contributed by atoms with E-state index in [9.17, 15) is 18.3 Å². The van der Waals surface area contributed by atoms with Gasteiger partial charge in [-0.1, -0.05) is 41.9 Å². The molecule has 2 N–H and O–H groups in total. The van der Waals surface area contributed by atoms with Gasteiger partial charge in [0.2, 0.25) is 0 Å². The number of rotatable bonds is 6. The van der Waals surface area contributed by atoms with Gasteiger partial charge in [0.1, 0.15) is 5.82 Å². The number of aryl methyl sites for hydroxylation is 1. The lowest BCUT2D eigenvalue weighted by Crippen LogP contribution is -2.32. The topological polar surface area (TPSA) is 103 Å².